The number of sulfonamides is 1. The first-order chi connectivity index (χ1) is 9.43. The summed E-state index contributed by atoms with van der Waals surface area (Å²) in [5.41, 5.74) is -0.228. The van der Waals surface area contributed by atoms with E-state index in [1.807, 2.05) is 0 Å². The normalized spacial score (nSPS) is 17.3. The van der Waals surface area contributed by atoms with Gasteiger partial charge in [0.25, 0.3) is 15.7 Å². The van der Waals surface area contributed by atoms with Crippen molar-refractivity contribution in [3.05, 3.63) is 28.4 Å². The fourth-order valence-corrected chi connectivity index (χ4v) is 3.47. The maximum absolute atomic E-state index is 12.4. The van der Waals surface area contributed by atoms with Crippen molar-refractivity contribution < 1.29 is 13.3 Å². The molecule has 0 saturated carbocycles. The number of aromatic nitrogens is 1. The topological polar surface area (TPSA) is 105 Å². The van der Waals surface area contributed by atoms with Crippen LogP contribution in [-0.2, 0) is 10.0 Å². The molecule has 0 radical (unpaired) electrons. The summed E-state index contributed by atoms with van der Waals surface area (Å²) in [5, 5.41) is 13.5. The van der Waals surface area contributed by atoms with Crippen molar-refractivity contribution in [3.8, 4) is 0 Å². The molecule has 1 aliphatic rings. The van der Waals surface area contributed by atoms with Crippen molar-refractivity contribution in [2.45, 2.75) is 23.9 Å². The van der Waals surface area contributed by atoms with E-state index in [-0.39, 0.29) is 16.8 Å². The molecule has 0 aromatic carbocycles. The van der Waals surface area contributed by atoms with Gasteiger partial charge < -0.3 is 5.32 Å². The van der Waals surface area contributed by atoms with Crippen molar-refractivity contribution in [2.24, 2.45) is 0 Å². The van der Waals surface area contributed by atoms with E-state index in [2.05, 4.69) is 10.3 Å². The van der Waals surface area contributed by atoms with Gasteiger partial charge in [0, 0.05) is 19.2 Å². The van der Waals surface area contributed by atoms with Gasteiger partial charge in [0.1, 0.15) is 6.20 Å². The van der Waals surface area contributed by atoms with Gasteiger partial charge in [0.05, 0.1) is 4.92 Å². The molecule has 0 spiro atoms. The number of pyridine rings is 1. The van der Waals surface area contributed by atoms with Gasteiger partial charge in [0.2, 0.25) is 0 Å². The Morgan fingerprint density at radius 2 is 2.05 bits per heavy atom. The Bertz CT molecular complexity index is 581. The van der Waals surface area contributed by atoms with Gasteiger partial charge in [-0.25, -0.2) is 13.4 Å². The monoisotopic (exact) mass is 300 g/mol. The zero-order chi connectivity index (χ0) is 14.8. The minimum Gasteiger partial charge on any atom is -0.317 e. The molecule has 2 rings (SSSR count). The Kier molecular flexibility index (Phi) is 4.31. The maximum atomic E-state index is 12.4. The Balaban J connectivity index is 2.22. The summed E-state index contributed by atoms with van der Waals surface area (Å²) in [6.45, 7) is 1.55. The molecule has 0 aliphatic carbocycles. The van der Waals surface area contributed by atoms with Crippen LogP contribution in [0, 0.1) is 10.1 Å². The molecule has 0 bridgehead atoms. The zero-order valence-electron chi connectivity index (χ0n) is 11.0. The summed E-state index contributed by atoms with van der Waals surface area (Å²) < 4.78 is 26.1. The van der Waals surface area contributed by atoms with Crippen molar-refractivity contribution in [2.75, 3.05) is 20.1 Å². The number of rotatable bonds is 4. The van der Waals surface area contributed by atoms with E-state index in [1.54, 1.807) is 0 Å². The molecular formula is C11H16N4O4S. The Labute approximate surface area is 117 Å². The second kappa shape index (κ2) is 5.81. The molecule has 0 amide bonds. The van der Waals surface area contributed by atoms with Gasteiger partial charge in [-0.15, -0.1) is 0 Å². The van der Waals surface area contributed by atoms with Crippen LogP contribution in [-0.4, -0.2) is 48.8 Å². The summed E-state index contributed by atoms with van der Waals surface area (Å²) in [4.78, 5) is 13.6. The van der Waals surface area contributed by atoms with Crippen LogP contribution in [0.2, 0.25) is 0 Å². The second-order valence-corrected chi connectivity index (χ2v) is 6.56. The van der Waals surface area contributed by atoms with Crippen LogP contribution in [0.25, 0.3) is 0 Å². The molecule has 8 nitrogen and oxygen atoms in total. The maximum Gasteiger partial charge on any atom is 0.287 e. The molecule has 0 unspecified atom stereocenters. The van der Waals surface area contributed by atoms with Crippen molar-refractivity contribution in [1.29, 1.82) is 0 Å². The van der Waals surface area contributed by atoms with E-state index >= 15 is 0 Å². The quantitative estimate of drug-likeness (QED) is 0.636. The summed E-state index contributed by atoms with van der Waals surface area (Å²) in [6.07, 6.45) is 2.44. The first-order valence-electron chi connectivity index (χ1n) is 6.22. The number of nitro groups is 1. The predicted molar refractivity (Wildman–Crippen MR) is 71.7 cm³/mol. The van der Waals surface area contributed by atoms with Crippen LogP contribution in [0.3, 0.4) is 0 Å². The van der Waals surface area contributed by atoms with E-state index in [9.17, 15) is 18.5 Å². The number of nitrogens with one attached hydrogen (secondary N) is 1. The SMILES string of the molecule is CN(C1CCNCC1)S(=O)(=O)c1ccc([N+](=O)[O-])cn1. The third-order valence-electron chi connectivity index (χ3n) is 3.40. The van der Waals surface area contributed by atoms with Crippen LogP contribution in [0.1, 0.15) is 12.8 Å². The Morgan fingerprint density at radius 1 is 1.40 bits per heavy atom. The van der Waals surface area contributed by atoms with Crippen LogP contribution < -0.4 is 5.32 Å². The van der Waals surface area contributed by atoms with Crippen molar-refractivity contribution >= 4 is 15.7 Å². The van der Waals surface area contributed by atoms with E-state index in [0.29, 0.717) is 0 Å². The zero-order valence-corrected chi connectivity index (χ0v) is 11.8. The molecule has 1 aromatic rings. The second-order valence-electron chi connectivity index (χ2n) is 4.61. The number of hydrogen-bond donors (Lipinski definition) is 1. The van der Waals surface area contributed by atoms with Gasteiger partial charge in [-0.1, -0.05) is 0 Å². The number of hydrogen-bond acceptors (Lipinski definition) is 6. The van der Waals surface area contributed by atoms with Gasteiger partial charge in [-0.05, 0) is 32.0 Å². The number of piperidine rings is 1. The van der Waals surface area contributed by atoms with Crippen LogP contribution in [0.5, 0.6) is 0 Å². The molecule has 1 aromatic heterocycles. The smallest absolute Gasteiger partial charge is 0.287 e. The van der Waals surface area contributed by atoms with Gasteiger partial charge in [-0.3, -0.25) is 10.1 Å². The standard InChI is InChI=1S/C11H16N4O4S/c1-14(9-4-6-12-7-5-9)20(18,19)11-3-2-10(8-13-11)15(16)17/h2-3,8-9,12H,4-7H2,1H3. The Hall–Kier alpha value is -1.58. The molecule has 1 fully saturated rings. The highest BCUT2D eigenvalue weighted by Gasteiger charge is 2.30. The van der Waals surface area contributed by atoms with Crippen LogP contribution in [0.4, 0.5) is 5.69 Å². The van der Waals surface area contributed by atoms with E-state index < -0.39 is 14.9 Å². The lowest BCUT2D eigenvalue weighted by atomic mass is 10.1. The molecule has 20 heavy (non-hydrogen) atoms. The number of nitrogens with zero attached hydrogens (tertiary/aromatic N) is 3. The molecule has 1 saturated heterocycles. The molecule has 1 N–H and O–H groups in total. The largest absolute Gasteiger partial charge is 0.317 e. The lowest BCUT2D eigenvalue weighted by Crippen LogP contribution is -2.44. The fraction of sp³-hybridized carbons (Fsp3) is 0.545. The predicted octanol–water partition coefficient (Wildman–Crippen LogP) is 0.362. The fourth-order valence-electron chi connectivity index (χ4n) is 2.15. The van der Waals surface area contributed by atoms with Crippen LogP contribution >= 0.6 is 0 Å². The van der Waals surface area contributed by atoms with E-state index in [0.717, 1.165) is 38.2 Å². The molecule has 0 atom stereocenters. The third kappa shape index (κ3) is 2.94. The van der Waals surface area contributed by atoms with E-state index in [4.69, 9.17) is 0 Å². The van der Waals surface area contributed by atoms with Crippen LogP contribution in [0.15, 0.2) is 23.4 Å². The first kappa shape index (κ1) is 14.8. The van der Waals surface area contributed by atoms with Crippen molar-refractivity contribution in [3.63, 3.8) is 0 Å². The average molecular weight is 300 g/mol. The average Bonchev–Trinajstić information content (AvgIpc) is 2.47. The summed E-state index contributed by atoms with van der Waals surface area (Å²) >= 11 is 0. The molecule has 110 valence electrons. The highest BCUT2D eigenvalue weighted by Crippen LogP contribution is 2.20. The lowest BCUT2D eigenvalue weighted by Gasteiger charge is -2.30. The summed E-state index contributed by atoms with van der Waals surface area (Å²) in [7, 11) is -2.19. The van der Waals surface area contributed by atoms with Gasteiger partial charge >= 0.3 is 0 Å². The molecule has 2 heterocycles. The van der Waals surface area contributed by atoms with Crippen molar-refractivity contribution in [1.82, 2.24) is 14.6 Å². The highest BCUT2D eigenvalue weighted by atomic mass is 32.2. The third-order valence-corrected chi connectivity index (χ3v) is 5.22. The minimum absolute atomic E-state index is 0.0711. The summed E-state index contributed by atoms with van der Waals surface area (Å²) in [6, 6.07) is 2.25. The van der Waals surface area contributed by atoms with Gasteiger partial charge in [0.15, 0.2) is 5.03 Å². The molecule has 9 heteroatoms. The highest BCUT2D eigenvalue weighted by molar-refractivity contribution is 7.89. The lowest BCUT2D eigenvalue weighted by molar-refractivity contribution is -0.385. The summed E-state index contributed by atoms with van der Waals surface area (Å²) in [5.74, 6) is 0. The molecule has 1 aliphatic heterocycles. The van der Waals surface area contributed by atoms with Gasteiger partial charge in [-0.2, -0.15) is 4.31 Å². The Morgan fingerprint density at radius 3 is 2.55 bits per heavy atom. The minimum atomic E-state index is -3.71. The van der Waals surface area contributed by atoms with E-state index in [1.165, 1.54) is 17.4 Å². The molecular weight excluding hydrogens is 284 g/mol. The first-order valence-corrected chi connectivity index (χ1v) is 7.66.